The first kappa shape index (κ1) is 10.4. The van der Waals surface area contributed by atoms with Gasteiger partial charge in [-0.2, -0.15) is 0 Å². The summed E-state index contributed by atoms with van der Waals surface area (Å²) in [5.74, 6) is 6.22. The fourth-order valence-corrected chi connectivity index (χ4v) is 1.98. The zero-order chi connectivity index (χ0) is 10.7. The number of halogens is 1. The minimum absolute atomic E-state index is 0.263. The summed E-state index contributed by atoms with van der Waals surface area (Å²) in [6, 6.07) is 5.95. The van der Waals surface area contributed by atoms with E-state index in [0.29, 0.717) is 11.8 Å². The van der Waals surface area contributed by atoms with E-state index in [1.165, 1.54) is 5.56 Å². The highest BCUT2D eigenvalue weighted by Gasteiger charge is 2.16. The number of Topliss-reactive ketones (excluding diaryl/α,β-unsaturated/α-hetero) is 1. The number of ketones is 1. The molecule has 0 heterocycles. The van der Waals surface area contributed by atoms with Crippen LogP contribution in [0.2, 0.25) is 0 Å². The molecule has 2 heteroatoms. The fourth-order valence-electron chi connectivity index (χ4n) is 1.84. The molecule has 0 unspecified atom stereocenters. The number of hydrogen-bond acceptors (Lipinski definition) is 1. The largest absolute Gasteiger partial charge is 0.294 e. The number of fused-ring (bicyclic) bond motifs is 1. The summed E-state index contributed by atoms with van der Waals surface area (Å²) in [7, 11) is 0. The van der Waals surface area contributed by atoms with E-state index in [-0.39, 0.29) is 5.78 Å². The number of benzene rings is 1. The predicted molar refractivity (Wildman–Crippen MR) is 64.4 cm³/mol. The van der Waals surface area contributed by atoms with Gasteiger partial charge in [-0.05, 0) is 30.5 Å². The zero-order valence-electron chi connectivity index (χ0n) is 8.35. The van der Waals surface area contributed by atoms with Gasteiger partial charge in [0.1, 0.15) is 0 Å². The molecular formula is C13H11BrO. The van der Waals surface area contributed by atoms with Crippen LogP contribution in [0.5, 0.6) is 0 Å². The monoisotopic (exact) mass is 262 g/mol. The van der Waals surface area contributed by atoms with Crippen LogP contribution in [-0.4, -0.2) is 11.1 Å². The van der Waals surface area contributed by atoms with Crippen LogP contribution in [-0.2, 0) is 6.42 Å². The highest BCUT2D eigenvalue weighted by atomic mass is 79.9. The van der Waals surface area contributed by atoms with Gasteiger partial charge in [0.15, 0.2) is 5.78 Å². The van der Waals surface area contributed by atoms with Crippen LogP contribution in [0.1, 0.15) is 34.3 Å². The lowest BCUT2D eigenvalue weighted by Crippen LogP contribution is -2.10. The molecule has 1 aromatic carbocycles. The Bertz CT molecular complexity index is 451. The molecule has 0 saturated heterocycles. The predicted octanol–water partition coefficient (Wildman–Crippen LogP) is 2.95. The molecule has 1 aliphatic rings. The molecule has 0 amide bonds. The Hall–Kier alpha value is -1.07. The third-order valence-electron chi connectivity index (χ3n) is 2.56. The lowest BCUT2D eigenvalue weighted by atomic mass is 9.89. The van der Waals surface area contributed by atoms with Gasteiger partial charge in [-0.1, -0.05) is 33.8 Å². The highest BCUT2D eigenvalue weighted by molar-refractivity contribution is 9.09. The van der Waals surface area contributed by atoms with Crippen LogP contribution < -0.4 is 0 Å². The maximum atomic E-state index is 11.7. The van der Waals surface area contributed by atoms with Gasteiger partial charge in [-0.15, -0.1) is 0 Å². The van der Waals surface area contributed by atoms with Crippen molar-refractivity contribution < 1.29 is 4.79 Å². The van der Waals surface area contributed by atoms with E-state index in [0.717, 1.165) is 24.0 Å². The summed E-state index contributed by atoms with van der Waals surface area (Å²) in [4.78, 5) is 11.7. The molecule has 0 aromatic heterocycles. The third-order valence-corrected chi connectivity index (χ3v) is 2.84. The Kier molecular flexibility index (Phi) is 3.23. The molecule has 76 valence electrons. The van der Waals surface area contributed by atoms with Gasteiger partial charge < -0.3 is 0 Å². The fraction of sp³-hybridized carbons (Fsp3) is 0.308. The van der Waals surface area contributed by atoms with Crippen molar-refractivity contribution in [2.75, 3.05) is 5.33 Å². The maximum absolute atomic E-state index is 11.7. The quantitative estimate of drug-likeness (QED) is 0.519. The second-order valence-electron chi connectivity index (χ2n) is 3.58. The van der Waals surface area contributed by atoms with Crippen LogP contribution in [0.4, 0.5) is 0 Å². The third kappa shape index (κ3) is 2.30. The summed E-state index contributed by atoms with van der Waals surface area (Å²) in [5, 5.41) is 0.665. The average molecular weight is 263 g/mol. The molecule has 0 bridgehead atoms. The second kappa shape index (κ2) is 4.63. The van der Waals surface area contributed by atoms with Crippen molar-refractivity contribution in [2.45, 2.75) is 19.3 Å². The van der Waals surface area contributed by atoms with Crippen LogP contribution in [0.25, 0.3) is 0 Å². The molecule has 1 aromatic rings. The van der Waals surface area contributed by atoms with E-state index >= 15 is 0 Å². The molecule has 0 atom stereocenters. The van der Waals surface area contributed by atoms with Gasteiger partial charge in [0, 0.05) is 17.5 Å². The van der Waals surface area contributed by atoms with E-state index in [1.54, 1.807) is 0 Å². The summed E-state index contributed by atoms with van der Waals surface area (Å²) in [6.07, 6.45) is 2.69. The van der Waals surface area contributed by atoms with E-state index in [2.05, 4.69) is 27.8 Å². The maximum Gasteiger partial charge on any atom is 0.163 e. The number of carbonyl (C=O) groups is 1. The smallest absolute Gasteiger partial charge is 0.163 e. The topological polar surface area (TPSA) is 17.1 Å². The van der Waals surface area contributed by atoms with Crippen molar-refractivity contribution in [1.82, 2.24) is 0 Å². The molecule has 15 heavy (non-hydrogen) atoms. The molecule has 2 rings (SSSR count). The molecule has 1 aliphatic carbocycles. The molecule has 0 radical (unpaired) electrons. The Balaban J connectivity index is 2.39. The lowest BCUT2D eigenvalue weighted by molar-refractivity contribution is 0.0972. The molecular weight excluding hydrogens is 252 g/mol. The number of aryl methyl sites for hydroxylation is 1. The molecule has 0 spiro atoms. The van der Waals surface area contributed by atoms with Gasteiger partial charge in [0.05, 0.1) is 5.33 Å². The number of carbonyl (C=O) groups excluding carboxylic acids is 1. The van der Waals surface area contributed by atoms with E-state index in [1.807, 2.05) is 18.2 Å². The van der Waals surface area contributed by atoms with Crippen LogP contribution in [0.15, 0.2) is 18.2 Å². The van der Waals surface area contributed by atoms with Crippen molar-refractivity contribution in [3.05, 3.63) is 34.9 Å². The van der Waals surface area contributed by atoms with Crippen LogP contribution in [0.3, 0.4) is 0 Å². The molecule has 0 fully saturated rings. The normalized spacial score (nSPS) is 14.1. The van der Waals surface area contributed by atoms with Gasteiger partial charge in [-0.3, -0.25) is 4.79 Å². The van der Waals surface area contributed by atoms with Crippen molar-refractivity contribution >= 4 is 21.7 Å². The molecule has 1 nitrogen and oxygen atoms in total. The Labute approximate surface area is 98.0 Å². The first-order valence-corrected chi connectivity index (χ1v) is 6.14. The Morgan fingerprint density at radius 1 is 1.33 bits per heavy atom. The summed E-state index contributed by atoms with van der Waals surface area (Å²) in [6.45, 7) is 0. The molecule has 0 aliphatic heterocycles. The van der Waals surface area contributed by atoms with E-state index in [4.69, 9.17) is 0 Å². The minimum atomic E-state index is 0.263. The van der Waals surface area contributed by atoms with Gasteiger partial charge in [0.25, 0.3) is 0 Å². The molecule has 0 saturated carbocycles. The standard InChI is InChI=1S/C13H11BrO/c14-8-2-3-10-6-7-11-4-1-5-13(15)12(11)9-10/h6-7,9H,1,4-5,8H2. The lowest BCUT2D eigenvalue weighted by Gasteiger charge is -2.14. The number of alkyl halides is 1. The van der Waals surface area contributed by atoms with E-state index < -0.39 is 0 Å². The van der Waals surface area contributed by atoms with Crippen LogP contribution >= 0.6 is 15.9 Å². The van der Waals surface area contributed by atoms with Gasteiger partial charge in [-0.25, -0.2) is 0 Å². The van der Waals surface area contributed by atoms with E-state index in [9.17, 15) is 4.79 Å². The molecule has 0 N–H and O–H groups in total. The van der Waals surface area contributed by atoms with Crippen molar-refractivity contribution in [3.8, 4) is 11.8 Å². The van der Waals surface area contributed by atoms with Crippen molar-refractivity contribution in [3.63, 3.8) is 0 Å². The number of hydrogen-bond donors (Lipinski definition) is 0. The summed E-state index contributed by atoms with van der Waals surface area (Å²) >= 11 is 3.25. The SMILES string of the molecule is O=C1CCCc2ccc(C#CCBr)cc21. The number of rotatable bonds is 0. The second-order valence-corrected chi connectivity index (χ2v) is 4.14. The van der Waals surface area contributed by atoms with Gasteiger partial charge in [0.2, 0.25) is 0 Å². The Morgan fingerprint density at radius 3 is 3.00 bits per heavy atom. The first-order valence-electron chi connectivity index (χ1n) is 5.02. The van der Waals surface area contributed by atoms with Crippen molar-refractivity contribution in [1.29, 1.82) is 0 Å². The highest BCUT2D eigenvalue weighted by Crippen LogP contribution is 2.21. The summed E-state index contributed by atoms with van der Waals surface area (Å²) in [5.41, 5.74) is 2.99. The van der Waals surface area contributed by atoms with Crippen molar-refractivity contribution in [2.24, 2.45) is 0 Å². The average Bonchev–Trinajstić information content (AvgIpc) is 2.27. The summed E-state index contributed by atoms with van der Waals surface area (Å²) < 4.78 is 0. The zero-order valence-corrected chi connectivity index (χ0v) is 9.93. The minimum Gasteiger partial charge on any atom is -0.294 e. The Morgan fingerprint density at radius 2 is 2.20 bits per heavy atom. The van der Waals surface area contributed by atoms with Crippen LogP contribution in [0, 0.1) is 11.8 Å². The first-order chi connectivity index (χ1) is 7.31. The van der Waals surface area contributed by atoms with Gasteiger partial charge >= 0.3 is 0 Å².